The highest BCUT2D eigenvalue weighted by atomic mass is 79.9. The first-order chi connectivity index (χ1) is 11.6. The Kier molecular flexibility index (Phi) is 5.11. The van der Waals surface area contributed by atoms with E-state index < -0.39 is 0 Å². The zero-order chi connectivity index (χ0) is 16.9. The van der Waals surface area contributed by atoms with Gasteiger partial charge in [-0.25, -0.2) is 4.68 Å². The Morgan fingerprint density at radius 3 is 2.58 bits per heavy atom. The number of aromatic nitrogens is 2. The zero-order valence-electron chi connectivity index (χ0n) is 13.4. The molecule has 0 aliphatic heterocycles. The third kappa shape index (κ3) is 3.92. The van der Waals surface area contributed by atoms with E-state index in [-0.39, 0.29) is 5.91 Å². The second kappa shape index (κ2) is 7.45. The highest BCUT2D eigenvalue weighted by molar-refractivity contribution is 9.10. The summed E-state index contributed by atoms with van der Waals surface area (Å²) in [5.74, 6) is 0.0679. The van der Waals surface area contributed by atoms with Crippen molar-refractivity contribution in [1.29, 1.82) is 0 Å². The second-order valence-corrected chi connectivity index (χ2v) is 6.50. The van der Waals surface area contributed by atoms with E-state index in [1.165, 1.54) is 0 Å². The van der Waals surface area contributed by atoms with Crippen molar-refractivity contribution in [2.75, 3.05) is 7.05 Å². The molecule has 3 rings (SSSR count). The van der Waals surface area contributed by atoms with Gasteiger partial charge >= 0.3 is 0 Å². The van der Waals surface area contributed by atoms with Gasteiger partial charge in [0.1, 0.15) is 0 Å². The number of halogens is 1. The molecule has 1 aromatic heterocycles. The quantitative estimate of drug-likeness (QED) is 0.671. The fourth-order valence-electron chi connectivity index (χ4n) is 2.45. The minimum Gasteiger partial charge on any atom is -0.341 e. The molecule has 0 atom stereocenters. The lowest BCUT2D eigenvalue weighted by Crippen LogP contribution is -2.27. The van der Waals surface area contributed by atoms with Gasteiger partial charge in [-0.3, -0.25) is 4.79 Å². The molecule has 0 saturated heterocycles. The molecule has 1 amide bonds. The topological polar surface area (TPSA) is 38.1 Å². The maximum atomic E-state index is 12.4. The molecule has 4 nitrogen and oxygen atoms in total. The van der Waals surface area contributed by atoms with Crippen molar-refractivity contribution in [1.82, 2.24) is 14.7 Å². The van der Waals surface area contributed by atoms with Gasteiger partial charge in [-0.15, -0.1) is 0 Å². The van der Waals surface area contributed by atoms with Crippen LogP contribution in [0.3, 0.4) is 0 Å². The molecule has 24 heavy (non-hydrogen) atoms. The molecular formula is C19H18BrN3O. The molecule has 0 saturated carbocycles. The largest absolute Gasteiger partial charge is 0.341 e. The third-order valence-corrected chi connectivity index (χ3v) is 4.58. The molecule has 122 valence electrons. The molecule has 5 heteroatoms. The van der Waals surface area contributed by atoms with E-state index in [9.17, 15) is 4.79 Å². The first kappa shape index (κ1) is 16.5. The number of benzene rings is 2. The van der Waals surface area contributed by atoms with Gasteiger partial charge in [0.2, 0.25) is 5.91 Å². The number of hydrogen-bond acceptors (Lipinski definition) is 2. The van der Waals surface area contributed by atoms with Gasteiger partial charge in [-0.05, 0) is 29.3 Å². The molecule has 0 aliphatic rings. The molecule has 2 aromatic carbocycles. The van der Waals surface area contributed by atoms with E-state index in [4.69, 9.17) is 0 Å². The Hall–Kier alpha value is -2.40. The summed E-state index contributed by atoms with van der Waals surface area (Å²) in [5.41, 5.74) is 2.98. The lowest BCUT2D eigenvalue weighted by atomic mass is 10.2. The molecular weight excluding hydrogens is 366 g/mol. The number of carbonyl (C=O) groups is 1. The van der Waals surface area contributed by atoms with Gasteiger partial charge in [0, 0.05) is 24.3 Å². The molecule has 0 aliphatic carbocycles. The fourth-order valence-corrected chi connectivity index (χ4v) is 2.86. The SMILES string of the molecule is CN(Cc1ccccc1Br)C(=O)Cc1cnn(-c2ccccc2)c1. The summed E-state index contributed by atoms with van der Waals surface area (Å²) in [6, 6.07) is 17.8. The maximum Gasteiger partial charge on any atom is 0.227 e. The van der Waals surface area contributed by atoms with E-state index in [2.05, 4.69) is 21.0 Å². The van der Waals surface area contributed by atoms with Crippen LogP contribution in [0, 0.1) is 0 Å². The van der Waals surface area contributed by atoms with E-state index in [0.717, 1.165) is 21.3 Å². The summed E-state index contributed by atoms with van der Waals surface area (Å²) >= 11 is 3.52. The molecule has 0 unspecified atom stereocenters. The summed E-state index contributed by atoms with van der Waals surface area (Å²) in [4.78, 5) is 14.2. The number of rotatable bonds is 5. The summed E-state index contributed by atoms with van der Waals surface area (Å²) < 4.78 is 2.80. The van der Waals surface area contributed by atoms with Gasteiger partial charge in [0.05, 0.1) is 18.3 Å². The lowest BCUT2D eigenvalue weighted by Gasteiger charge is -2.17. The molecule has 0 radical (unpaired) electrons. The van der Waals surface area contributed by atoms with Crippen molar-refractivity contribution >= 4 is 21.8 Å². The number of nitrogens with zero attached hydrogens (tertiary/aromatic N) is 3. The minimum absolute atomic E-state index is 0.0679. The van der Waals surface area contributed by atoms with Crippen LogP contribution in [-0.2, 0) is 17.8 Å². The van der Waals surface area contributed by atoms with Crippen LogP contribution >= 0.6 is 15.9 Å². The average Bonchev–Trinajstić information content (AvgIpc) is 3.06. The van der Waals surface area contributed by atoms with E-state index >= 15 is 0 Å². The summed E-state index contributed by atoms with van der Waals surface area (Å²) in [6.45, 7) is 0.576. The Morgan fingerprint density at radius 1 is 1.12 bits per heavy atom. The van der Waals surface area contributed by atoms with Gasteiger partial charge in [-0.2, -0.15) is 5.10 Å². The number of likely N-dealkylation sites (N-methyl/N-ethyl adjacent to an activating group) is 1. The standard InChI is InChI=1S/C19H18BrN3O/c1-22(14-16-7-5-6-10-18(16)20)19(24)11-15-12-21-23(13-15)17-8-3-2-4-9-17/h2-10,12-13H,11,14H2,1H3. The van der Waals surface area contributed by atoms with E-state index in [1.807, 2.05) is 67.8 Å². The van der Waals surface area contributed by atoms with E-state index in [0.29, 0.717) is 13.0 Å². The fraction of sp³-hybridized carbons (Fsp3) is 0.158. The minimum atomic E-state index is 0.0679. The van der Waals surface area contributed by atoms with Crippen molar-refractivity contribution in [3.05, 3.63) is 82.6 Å². The van der Waals surface area contributed by atoms with Crippen LogP contribution < -0.4 is 0 Å². The predicted octanol–water partition coefficient (Wildman–Crippen LogP) is 3.84. The number of amides is 1. The van der Waals surface area contributed by atoms with Crippen LogP contribution in [0.5, 0.6) is 0 Å². The van der Waals surface area contributed by atoms with Crippen LogP contribution in [0.4, 0.5) is 0 Å². The second-order valence-electron chi connectivity index (χ2n) is 5.65. The zero-order valence-corrected chi connectivity index (χ0v) is 15.0. The molecule has 0 spiro atoms. The van der Waals surface area contributed by atoms with Crippen molar-refractivity contribution in [3.8, 4) is 5.69 Å². The molecule has 1 heterocycles. The highest BCUT2D eigenvalue weighted by Gasteiger charge is 2.13. The lowest BCUT2D eigenvalue weighted by molar-refractivity contribution is -0.129. The molecule has 0 N–H and O–H groups in total. The monoisotopic (exact) mass is 383 g/mol. The Morgan fingerprint density at radius 2 is 1.83 bits per heavy atom. The Bertz CT molecular complexity index is 829. The Labute approximate surface area is 149 Å². The predicted molar refractivity (Wildman–Crippen MR) is 97.9 cm³/mol. The van der Waals surface area contributed by atoms with Crippen molar-refractivity contribution in [2.45, 2.75) is 13.0 Å². The summed E-state index contributed by atoms with van der Waals surface area (Å²) in [6.07, 6.45) is 3.99. The highest BCUT2D eigenvalue weighted by Crippen LogP contribution is 2.18. The number of carbonyl (C=O) groups excluding carboxylic acids is 1. The van der Waals surface area contributed by atoms with Crippen LogP contribution in [0.15, 0.2) is 71.5 Å². The first-order valence-electron chi connectivity index (χ1n) is 7.70. The van der Waals surface area contributed by atoms with Gasteiger partial charge < -0.3 is 4.90 Å². The van der Waals surface area contributed by atoms with Crippen LogP contribution in [-0.4, -0.2) is 27.6 Å². The molecule has 3 aromatic rings. The smallest absolute Gasteiger partial charge is 0.227 e. The summed E-state index contributed by atoms with van der Waals surface area (Å²) in [5, 5.41) is 4.34. The molecule has 0 fully saturated rings. The van der Waals surface area contributed by atoms with Gasteiger partial charge in [0.25, 0.3) is 0 Å². The van der Waals surface area contributed by atoms with Crippen molar-refractivity contribution in [2.24, 2.45) is 0 Å². The van der Waals surface area contributed by atoms with Crippen LogP contribution in [0.2, 0.25) is 0 Å². The van der Waals surface area contributed by atoms with Crippen molar-refractivity contribution in [3.63, 3.8) is 0 Å². The van der Waals surface area contributed by atoms with Crippen LogP contribution in [0.25, 0.3) is 5.69 Å². The normalized spacial score (nSPS) is 10.6. The van der Waals surface area contributed by atoms with Gasteiger partial charge in [-0.1, -0.05) is 52.3 Å². The maximum absolute atomic E-state index is 12.4. The Balaban J connectivity index is 1.65. The number of hydrogen-bond donors (Lipinski definition) is 0. The van der Waals surface area contributed by atoms with Gasteiger partial charge in [0.15, 0.2) is 0 Å². The number of para-hydroxylation sites is 1. The van der Waals surface area contributed by atoms with E-state index in [1.54, 1.807) is 15.8 Å². The average molecular weight is 384 g/mol. The first-order valence-corrected chi connectivity index (χ1v) is 8.49. The third-order valence-electron chi connectivity index (χ3n) is 3.80. The van der Waals surface area contributed by atoms with Crippen molar-refractivity contribution < 1.29 is 4.79 Å². The summed E-state index contributed by atoms with van der Waals surface area (Å²) in [7, 11) is 1.82. The molecule has 0 bridgehead atoms. The van der Waals surface area contributed by atoms with Crippen LogP contribution in [0.1, 0.15) is 11.1 Å².